The third-order valence-corrected chi connectivity index (χ3v) is 3.87. The van der Waals surface area contributed by atoms with Gasteiger partial charge in [0.05, 0.1) is 28.0 Å². The second kappa shape index (κ2) is 6.75. The van der Waals surface area contributed by atoms with Gasteiger partial charge >= 0.3 is 0 Å². The Morgan fingerprint density at radius 2 is 2.14 bits per heavy atom. The topological polar surface area (TPSA) is 44.9 Å². The summed E-state index contributed by atoms with van der Waals surface area (Å²) in [5.41, 5.74) is 3.76. The van der Waals surface area contributed by atoms with E-state index in [9.17, 15) is 0 Å². The lowest BCUT2D eigenvalue weighted by atomic mass is 10.1. The van der Waals surface area contributed by atoms with Crippen LogP contribution in [0.5, 0.6) is 0 Å². The van der Waals surface area contributed by atoms with Gasteiger partial charge in [-0.05, 0) is 31.2 Å². The first kappa shape index (κ1) is 15.6. The maximum Gasteiger partial charge on any atom is 0.0991 e. The lowest BCUT2D eigenvalue weighted by Crippen LogP contribution is -2.19. The van der Waals surface area contributed by atoms with Crippen LogP contribution in [0.2, 0.25) is 5.02 Å². The predicted octanol–water partition coefficient (Wildman–Crippen LogP) is 3.14. The Balaban J connectivity index is 2.10. The van der Waals surface area contributed by atoms with Crippen LogP contribution in [0.4, 0.5) is 0 Å². The van der Waals surface area contributed by atoms with Gasteiger partial charge in [0.15, 0.2) is 0 Å². The lowest BCUT2D eigenvalue weighted by molar-refractivity contribution is 0.309. The van der Waals surface area contributed by atoms with Gasteiger partial charge < -0.3 is 0 Å². The Morgan fingerprint density at radius 1 is 1.38 bits per heavy atom. The van der Waals surface area contributed by atoms with E-state index in [1.807, 2.05) is 43.0 Å². The zero-order chi connectivity index (χ0) is 15.4. The van der Waals surface area contributed by atoms with Crippen molar-refractivity contribution in [3.63, 3.8) is 0 Å². The highest BCUT2D eigenvalue weighted by Crippen LogP contribution is 2.22. The van der Waals surface area contributed by atoms with E-state index in [0.29, 0.717) is 5.56 Å². The summed E-state index contributed by atoms with van der Waals surface area (Å²) in [6, 6.07) is 9.83. The van der Waals surface area contributed by atoms with Crippen LogP contribution in [-0.4, -0.2) is 21.7 Å². The molecule has 0 radical (unpaired) electrons. The fourth-order valence-electron chi connectivity index (χ4n) is 2.35. The zero-order valence-electron chi connectivity index (χ0n) is 12.6. The predicted molar refractivity (Wildman–Crippen MR) is 83.9 cm³/mol. The van der Waals surface area contributed by atoms with Crippen LogP contribution in [0.25, 0.3) is 0 Å². The van der Waals surface area contributed by atoms with Crippen molar-refractivity contribution in [2.45, 2.75) is 26.4 Å². The number of rotatable bonds is 5. The highest BCUT2D eigenvalue weighted by molar-refractivity contribution is 6.31. The van der Waals surface area contributed by atoms with Crippen LogP contribution in [0.1, 0.15) is 29.4 Å². The van der Waals surface area contributed by atoms with E-state index >= 15 is 0 Å². The van der Waals surface area contributed by atoms with Gasteiger partial charge in [0, 0.05) is 20.1 Å². The van der Waals surface area contributed by atoms with Gasteiger partial charge in [-0.1, -0.05) is 30.7 Å². The van der Waals surface area contributed by atoms with Crippen LogP contribution in [-0.2, 0) is 26.6 Å². The molecule has 1 aromatic heterocycles. The molecule has 110 valence electrons. The number of benzene rings is 1. The molecule has 0 fully saturated rings. The molecule has 1 heterocycles. The van der Waals surface area contributed by atoms with Gasteiger partial charge in [-0.15, -0.1) is 0 Å². The number of hydrogen-bond acceptors (Lipinski definition) is 3. The van der Waals surface area contributed by atoms with E-state index < -0.39 is 0 Å². The third kappa shape index (κ3) is 3.63. The minimum absolute atomic E-state index is 0.688. The molecular weight excluding hydrogens is 284 g/mol. The molecule has 0 bridgehead atoms. The van der Waals surface area contributed by atoms with Crippen molar-refractivity contribution in [1.29, 1.82) is 5.26 Å². The standard InChI is InChI=1S/C16H19ClN4/c1-4-14-16(17)15(21(3)19-14)11-20(2)10-13-7-5-6-12(8-13)9-18/h5-8H,4,10-11H2,1-3H3. The number of nitriles is 1. The maximum absolute atomic E-state index is 8.94. The van der Waals surface area contributed by atoms with Gasteiger partial charge in [0.25, 0.3) is 0 Å². The van der Waals surface area contributed by atoms with E-state index in [0.717, 1.165) is 41.5 Å². The molecule has 4 nitrogen and oxygen atoms in total. The smallest absolute Gasteiger partial charge is 0.0991 e. The van der Waals surface area contributed by atoms with Crippen molar-refractivity contribution in [2.75, 3.05) is 7.05 Å². The number of nitrogens with zero attached hydrogens (tertiary/aromatic N) is 4. The summed E-state index contributed by atoms with van der Waals surface area (Å²) in [4.78, 5) is 2.17. The third-order valence-electron chi connectivity index (χ3n) is 3.43. The summed E-state index contributed by atoms with van der Waals surface area (Å²) in [7, 11) is 3.96. The van der Waals surface area contributed by atoms with Crippen LogP contribution in [0.3, 0.4) is 0 Å². The molecule has 0 spiro atoms. The molecule has 2 rings (SSSR count). The van der Waals surface area contributed by atoms with Crippen molar-refractivity contribution in [1.82, 2.24) is 14.7 Å². The minimum atomic E-state index is 0.688. The van der Waals surface area contributed by atoms with Crippen molar-refractivity contribution in [3.8, 4) is 6.07 Å². The van der Waals surface area contributed by atoms with Gasteiger partial charge in [0.1, 0.15) is 0 Å². The summed E-state index contributed by atoms with van der Waals surface area (Å²) < 4.78 is 1.85. The summed E-state index contributed by atoms with van der Waals surface area (Å²) in [6.07, 6.45) is 0.834. The van der Waals surface area contributed by atoms with Crippen LogP contribution >= 0.6 is 11.6 Å². The number of aryl methyl sites for hydroxylation is 2. The number of aromatic nitrogens is 2. The summed E-state index contributed by atoms with van der Waals surface area (Å²) in [5, 5.41) is 14.1. The maximum atomic E-state index is 8.94. The van der Waals surface area contributed by atoms with Gasteiger partial charge in [-0.25, -0.2) is 0 Å². The molecule has 0 atom stereocenters. The molecule has 0 saturated heterocycles. The molecular formula is C16H19ClN4. The van der Waals surface area contributed by atoms with Crippen molar-refractivity contribution < 1.29 is 0 Å². The molecule has 5 heteroatoms. The number of hydrogen-bond donors (Lipinski definition) is 0. The Labute approximate surface area is 130 Å². The Bertz CT molecular complexity index is 669. The zero-order valence-corrected chi connectivity index (χ0v) is 13.4. The monoisotopic (exact) mass is 302 g/mol. The van der Waals surface area contributed by atoms with Crippen molar-refractivity contribution in [2.24, 2.45) is 7.05 Å². The average Bonchev–Trinajstić information content (AvgIpc) is 2.74. The Morgan fingerprint density at radius 3 is 2.76 bits per heavy atom. The van der Waals surface area contributed by atoms with Gasteiger partial charge in [-0.3, -0.25) is 9.58 Å². The molecule has 0 saturated carbocycles. The van der Waals surface area contributed by atoms with Gasteiger partial charge in [-0.2, -0.15) is 10.4 Å². The molecule has 21 heavy (non-hydrogen) atoms. The fraction of sp³-hybridized carbons (Fsp3) is 0.375. The van der Waals surface area contributed by atoms with Crippen LogP contribution in [0.15, 0.2) is 24.3 Å². The largest absolute Gasteiger partial charge is 0.296 e. The van der Waals surface area contributed by atoms with Gasteiger partial charge in [0.2, 0.25) is 0 Å². The van der Waals surface area contributed by atoms with Crippen molar-refractivity contribution in [3.05, 3.63) is 51.8 Å². The van der Waals surface area contributed by atoms with E-state index in [4.69, 9.17) is 16.9 Å². The molecule has 1 aromatic carbocycles. The summed E-state index contributed by atoms with van der Waals surface area (Å²) >= 11 is 6.37. The minimum Gasteiger partial charge on any atom is -0.296 e. The molecule has 0 unspecified atom stereocenters. The fourth-order valence-corrected chi connectivity index (χ4v) is 2.71. The number of halogens is 1. The molecule has 0 amide bonds. The second-order valence-electron chi connectivity index (χ2n) is 5.17. The van der Waals surface area contributed by atoms with E-state index in [1.54, 1.807) is 0 Å². The van der Waals surface area contributed by atoms with E-state index in [-0.39, 0.29) is 0 Å². The average molecular weight is 303 g/mol. The Kier molecular flexibility index (Phi) is 5.00. The lowest BCUT2D eigenvalue weighted by Gasteiger charge is -2.17. The normalized spacial score (nSPS) is 10.9. The molecule has 0 aliphatic rings. The molecule has 0 N–H and O–H groups in total. The molecule has 2 aromatic rings. The SMILES string of the molecule is CCc1nn(C)c(CN(C)Cc2cccc(C#N)c2)c1Cl. The quantitative estimate of drug-likeness (QED) is 0.852. The molecule has 0 aliphatic carbocycles. The van der Waals surface area contributed by atoms with E-state index in [1.165, 1.54) is 0 Å². The second-order valence-corrected chi connectivity index (χ2v) is 5.55. The Hall–Kier alpha value is -1.83. The van der Waals surface area contributed by atoms with Crippen LogP contribution < -0.4 is 0 Å². The highest BCUT2D eigenvalue weighted by Gasteiger charge is 2.14. The molecule has 0 aliphatic heterocycles. The van der Waals surface area contributed by atoms with E-state index in [2.05, 4.69) is 23.0 Å². The first-order valence-corrected chi connectivity index (χ1v) is 7.30. The van der Waals surface area contributed by atoms with Crippen LogP contribution in [0, 0.1) is 11.3 Å². The first-order valence-electron chi connectivity index (χ1n) is 6.93. The van der Waals surface area contributed by atoms with Crippen molar-refractivity contribution >= 4 is 11.6 Å². The first-order chi connectivity index (χ1) is 10.0. The highest BCUT2D eigenvalue weighted by atomic mass is 35.5. The summed E-state index contributed by atoms with van der Waals surface area (Å²) in [5.74, 6) is 0. The summed E-state index contributed by atoms with van der Waals surface area (Å²) in [6.45, 7) is 3.53.